The SMILES string of the molecule is CCCNC(C=C(C)C)c1ccc(Br)cc1Cl. The zero-order valence-corrected chi connectivity index (χ0v) is 12.9. The van der Waals surface area contributed by atoms with Gasteiger partial charge in [-0.25, -0.2) is 0 Å². The Morgan fingerprint density at radius 3 is 2.71 bits per heavy atom. The Bertz CT molecular complexity index is 397. The Kier molecular flexibility index (Phi) is 6.24. The van der Waals surface area contributed by atoms with Crippen molar-refractivity contribution in [3.63, 3.8) is 0 Å². The van der Waals surface area contributed by atoms with Crippen LogP contribution in [0.3, 0.4) is 0 Å². The third-order valence-corrected chi connectivity index (χ3v) is 3.23. The average molecular weight is 317 g/mol. The highest BCUT2D eigenvalue weighted by molar-refractivity contribution is 9.10. The van der Waals surface area contributed by atoms with E-state index in [1.165, 1.54) is 5.57 Å². The Morgan fingerprint density at radius 1 is 1.47 bits per heavy atom. The fourth-order valence-electron chi connectivity index (χ4n) is 1.65. The lowest BCUT2D eigenvalue weighted by atomic mass is 10.0. The molecule has 0 heterocycles. The standard InChI is InChI=1S/C14H19BrClN/c1-4-7-17-14(8-10(2)3)12-6-5-11(15)9-13(12)16/h5-6,8-9,14,17H,4,7H2,1-3H3. The van der Waals surface area contributed by atoms with Crippen molar-refractivity contribution in [3.05, 3.63) is 44.9 Å². The van der Waals surface area contributed by atoms with Gasteiger partial charge in [-0.05, 0) is 44.5 Å². The molecule has 17 heavy (non-hydrogen) atoms. The summed E-state index contributed by atoms with van der Waals surface area (Å²) in [6.45, 7) is 7.36. The van der Waals surface area contributed by atoms with Crippen LogP contribution in [0.25, 0.3) is 0 Å². The molecule has 1 atom stereocenters. The maximum Gasteiger partial charge on any atom is 0.0523 e. The van der Waals surface area contributed by atoms with Gasteiger partial charge in [0.2, 0.25) is 0 Å². The molecule has 0 aliphatic carbocycles. The normalized spacial score (nSPS) is 12.3. The Balaban J connectivity index is 2.99. The van der Waals surface area contributed by atoms with Crippen LogP contribution in [-0.2, 0) is 0 Å². The van der Waals surface area contributed by atoms with Gasteiger partial charge in [-0.3, -0.25) is 0 Å². The van der Waals surface area contributed by atoms with E-state index < -0.39 is 0 Å². The van der Waals surface area contributed by atoms with Crippen molar-refractivity contribution in [2.45, 2.75) is 33.2 Å². The second-order valence-electron chi connectivity index (χ2n) is 4.34. The number of hydrogen-bond acceptors (Lipinski definition) is 1. The summed E-state index contributed by atoms with van der Waals surface area (Å²) < 4.78 is 1.01. The average Bonchev–Trinajstić information content (AvgIpc) is 2.24. The van der Waals surface area contributed by atoms with Crippen LogP contribution >= 0.6 is 27.5 Å². The minimum Gasteiger partial charge on any atom is -0.307 e. The quantitative estimate of drug-likeness (QED) is 0.744. The molecule has 1 aromatic carbocycles. The third-order valence-electron chi connectivity index (χ3n) is 2.41. The molecule has 0 aliphatic rings. The van der Waals surface area contributed by atoms with E-state index in [1.54, 1.807) is 0 Å². The highest BCUT2D eigenvalue weighted by atomic mass is 79.9. The van der Waals surface area contributed by atoms with E-state index in [9.17, 15) is 0 Å². The lowest BCUT2D eigenvalue weighted by molar-refractivity contribution is 0.610. The van der Waals surface area contributed by atoms with Crippen molar-refractivity contribution in [2.75, 3.05) is 6.54 Å². The predicted molar refractivity (Wildman–Crippen MR) is 79.6 cm³/mol. The zero-order valence-electron chi connectivity index (χ0n) is 10.6. The monoisotopic (exact) mass is 315 g/mol. The third kappa shape index (κ3) is 4.82. The van der Waals surface area contributed by atoms with E-state index in [4.69, 9.17) is 11.6 Å². The molecule has 0 saturated heterocycles. The van der Waals surface area contributed by atoms with Crippen molar-refractivity contribution < 1.29 is 0 Å². The molecular formula is C14H19BrClN. The fourth-order valence-corrected chi connectivity index (χ4v) is 2.44. The Hall–Kier alpha value is -0.310. The van der Waals surface area contributed by atoms with Crippen LogP contribution in [0.4, 0.5) is 0 Å². The molecule has 0 bridgehead atoms. The van der Waals surface area contributed by atoms with Crippen molar-refractivity contribution in [2.24, 2.45) is 0 Å². The van der Waals surface area contributed by atoms with Crippen LogP contribution in [-0.4, -0.2) is 6.54 Å². The maximum absolute atomic E-state index is 6.29. The van der Waals surface area contributed by atoms with E-state index >= 15 is 0 Å². The van der Waals surface area contributed by atoms with Gasteiger partial charge in [0.1, 0.15) is 0 Å². The maximum atomic E-state index is 6.29. The van der Waals surface area contributed by atoms with E-state index in [0.717, 1.165) is 28.0 Å². The van der Waals surface area contributed by atoms with Crippen LogP contribution in [0.1, 0.15) is 38.8 Å². The molecule has 0 saturated carbocycles. The van der Waals surface area contributed by atoms with Gasteiger partial charge >= 0.3 is 0 Å². The molecule has 0 radical (unpaired) electrons. The molecule has 94 valence electrons. The topological polar surface area (TPSA) is 12.0 Å². The van der Waals surface area contributed by atoms with E-state index in [1.807, 2.05) is 12.1 Å². The summed E-state index contributed by atoms with van der Waals surface area (Å²) in [6, 6.07) is 6.23. The summed E-state index contributed by atoms with van der Waals surface area (Å²) in [5.74, 6) is 0. The first-order valence-corrected chi connectivity index (χ1v) is 7.05. The summed E-state index contributed by atoms with van der Waals surface area (Å²) in [4.78, 5) is 0. The number of benzene rings is 1. The minimum absolute atomic E-state index is 0.195. The van der Waals surface area contributed by atoms with Gasteiger partial charge in [-0.2, -0.15) is 0 Å². The predicted octanol–water partition coefficient (Wildman–Crippen LogP) is 5.11. The lowest BCUT2D eigenvalue weighted by Gasteiger charge is -2.17. The molecule has 0 aliphatic heterocycles. The second-order valence-corrected chi connectivity index (χ2v) is 5.66. The van der Waals surface area contributed by atoms with Crippen molar-refractivity contribution in [1.29, 1.82) is 0 Å². The lowest BCUT2D eigenvalue weighted by Crippen LogP contribution is -2.21. The molecule has 1 N–H and O–H groups in total. The largest absolute Gasteiger partial charge is 0.307 e. The summed E-state index contributed by atoms with van der Waals surface area (Å²) in [5, 5.41) is 4.30. The fraction of sp³-hybridized carbons (Fsp3) is 0.429. The molecule has 1 rings (SSSR count). The van der Waals surface area contributed by atoms with E-state index in [0.29, 0.717) is 0 Å². The van der Waals surface area contributed by atoms with Gasteiger partial charge in [0.25, 0.3) is 0 Å². The van der Waals surface area contributed by atoms with Crippen LogP contribution in [0.15, 0.2) is 34.3 Å². The van der Waals surface area contributed by atoms with Gasteiger partial charge in [0.05, 0.1) is 6.04 Å². The molecule has 1 unspecified atom stereocenters. The zero-order chi connectivity index (χ0) is 12.8. The van der Waals surface area contributed by atoms with Gasteiger partial charge in [-0.15, -0.1) is 0 Å². The van der Waals surface area contributed by atoms with Gasteiger partial charge < -0.3 is 5.32 Å². The molecule has 3 heteroatoms. The van der Waals surface area contributed by atoms with Crippen LogP contribution in [0.5, 0.6) is 0 Å². The van der Waals surface area contributed by atoms with Crippen molar-refractivity contribution >= 4 is 27.5 Å². The number of halogens is 2. The van der Waals surface area contributed by atoms with Crippen LogP contribution in [0, 0.1) is 0 Å². The summed E-state index contributed by atoms with van der Waals surface area (Å²) in [5.41, 5.74) is 2.42. The molecule has 1 nitrogen and oxygen atoms in total. The molecule has 0 aromatic heterocycles. The van der Waals surface area contributed by atoms with Gasteiger partial charge in [-0.1, -0.05) is 52.2 Å². The van der Waals surface area contributed by atoms with Crippen molar-refractivity contribution in [1.82, 2.24) is 5.32 Å². The van der Waals surface area contributed by atoms with E-state index in [-0.39, 0.29) is 6.04 Å². The van der Waals surface area contributed by atoms with Crippen LogP contribution in [0.2, 0.25) is 5.02 Å². The van der Waals surface area contributed by atoms with Gasteiger partial charge in [0.15, 0.2) is 0 Å². The van der Waals surface area contributed by atoms with E-state index in [2.05, 4.69) is 54.2 Å². The van der Waals surface area contributed by atoms with Gasteiger partial charge in [0, 0.05) is 9.50 Å². The summed E-state index contributed by atoms with van der Waals surface area (Å²) >= 11 is 9.72. The Morgan fingerprint density at radius 2 is 2.18 bits per heavy atom. The molecule has 0 amide bonds. The summed E-state index contributed by atoms with van der Waals surface area (Å²) in [6.07, 6.45) is 3.33. The molecule has 1 aromatic rings. The number of rotatable bonds is 5. The highest BCUT2D eigenvalue weighted by Crippen LogP contribution is 2.27. The first kappa shape index (κ1) is 14.7. The highest BCUT2D eigenvalue weighted by Gasteiger charge is 2.11. The first-order chi connectivity index (χ1) is 8.04. The number of hydrogen-bond donors (Lipinski definition) is 1. The second kappa shape index (κ2) is 7.20. The molecule has 0 spiro atoms. The van der Waals surface area contributed by atoms with Crippen LogP contribution < -0.4 is 5.32 Å². The molecule has 0 fully saturated rings. The number of allylic oxidation sites excluding steroid dienone is 1. The Labute approximate surface area is 117 Å². The van der Waals surface area contributed by atoms with Crippen molar-refractivity contribution in [3.8, 4) is 0 Å². The molecular weight excluding hydrogens is 298 g/mol. The smallest absolute Gasteiger partial charge is 0.0523 e. The first-order valence-electron chi connectivity index (χ1n) is 5.88. The number of nitrogens with one attached hydrogen (secondary N) is 1. The minimum atomic E-state index is 0.195. The summed E-state index contributed by atoms with van der Waals surface area (Å²) in [7, 11) is 0.